The van der Waals surface area contributed by atoms with E-state index in [2.05, 4.69) is 19.1 Å². The number of unbranched alkanes of at least 4 members (excludes halogenated alkanes) is 3. The minimum absolute atomic E-state index is 0.817. The third kappa shape index (κ3) is 8.03. The maximum absolute atomic E-state index is 5.52. The first-order chi connectivity index (χ1) is 4.91. The number of allylic oxidation sites excluding steroid dienone is 2. The van der Waals surface area contributed by atoms with Gasteiger partial charge in [0, 0.05) is 5.88 Å². The molecule has 0 rings (SSSR count). The van der Waals surface area contributed by atoms with Crippen LogP contribution < -0.4 is 0 Å². The summed E-state index contributed by atoms with van der Waals surface area (Å²) in [5.74, 6) is 0.817. The molecule has 0 fully saturated rings. The summed E-state index contributed by atoms with van der Waals surface area (Å²) < 4.78 is 0. The van der Waals surface area contributed by atoms with Gasteiger partial charge in [-0.2, -0.15) is 0 Å². The summed E-state index contributed by atoms with van der Waals surface area (Å²) in [5.41, 5.74) is 0. The van der Waals surface area contributed by atoms with Gasteiger partial charge in [-0.15, -0.1) is 11.6 Å². The van der Waals surface area contributed by atoms with Crippen LogP contribution in [0.4, 0.5) is 0 Å². The Hall–Kier alpha value is 0.0300. The van der Waals surface area contributed by atoms with Crippen molar-refractivity contribution < 1.29 is 0 Å². The molecule has 0 aliphatic carbocycles. The fourth-order valence-electron chi connectivity index (χ4n) is 0.818. The molecule has 0 saturated carbocycles. The van der Waals surface area contributed by atoms with E-state index < -0.39 is 0 Å². The number of halogens is 1. The summed E-state index contributed by atoms with van der Waals surface area (Å²) in [4.78, 5) is 0. The molecule has 0 aliphatic heterocycles. The standard InChI is InChI=1S/C9H17Cl/c1-2-3-4-5-6-7-8-9-10/h3-4H,2,5-9H2,1H3/b4-3-. The molecular weight excluding hydrogens is 144 g/mol. The van der Waals surface area contributed by atoms with Crippen LogP contribution in [0, 0.1) is 0 Å². The van der Waals surface area contributed by atoms with Gasteiger partial charge in [-0.3, -0.25) is 0 Å². The molecule has 0 aromatic heterocycles. The second-order valence-corrected chi connectivity index (χ2v) is 2.80. The van der Waals surface area contributed by atoms with Gasteiger partial charge in [0.05, 0.1) is 0 Å². The molecule has 0 aliphatic rings. The van der Waals surface area contributed by atoms with Crippen LogP contribution >= 0.6 is 11.6 Å². The minimum atomic E-state index is 0.817. The Balaban J connectivity index is 2.83. The van der Waals surface area contributed by atoms with Gasteiger partial charge in [-0.1, -0.05) is 25.5 Å². The smallest absolute Gasteiger partial charge is 0.0223 e. The molecule has 1 heteroatoms. The zero-order valence-electron chi connectivity index (χ0n) is 6.78. The van der Waals surface area contributed by atoms with Crippen molar-refractivity contribution >= 4 is 11.6 Å². The summed E-state index contributed by atoms with van der Waals surface area (Å²) in [7, 11) is 0. The molecule has 0 saturated heterocycles. The van der Waals surface area contributed by atoms with Gasteiger partial charge in [0.15, 0.2) is 0 Å². The molecule has 0 unspecified atom stereocenters. The molecule has 0 bridgehead atoms. The zero-order chi connectivity index (χ0) is 7.66. The number of hydrogen-bond donors (Lipinski definition) is 0. The largest absolute Gasteiger partial charge is 0.127 e. The van der Waals surface area contributed by atoms with Crippen LogP contribution in [0.1, 0.15) is 39.0 Å². The van der Waals surface area contributed by atoms with E-state index in [1.165, 1.54) is 25.7 Å². The quantitative estimate of drug-likeness (QED) is 0.316. The van der Waals surface area contributed by atoms with Crippen LogP contribution in [0.15, 0.2) is 12.2 Å². The van der Waals surface area contributed by atoms with E-state index in [4.69, 9.17) is 11.6 Å². The Kier molecular flexibility index (Phi) is 9.06. The molecule has 60 valence electrons. The molecule has 0 heterocycles. The maximum Gasteiger partial charge on any atom is 0.0223 e. The van der Waals surface area contributed by atoms with E-state index >= 15 is 0 Å². The van der Waals surface area contributed by atoms with Crippen LogP contribution in [-0.2, 0) is 0 Å². The summed E-state index contributed by atoms with van der Waals surface area (Å²) in [6, 6.07) is 0. The molecule has 0 spiro atoms. The molecule has 0 atom stereocenters. The van der Waals surface area contributed by atoms with E-state index in [1.807, 2.05) is 0 Å². The van der Waals surface area contributed by atoms with Crippen molar-refractivity contribution in [3.05, 3.63) is 12.2 Å². The Morgan fingerprint density at radius 2 is 1.90 bits per heavy atom. The van der Waals surface area contributed by atoms with Crippen molar-refractivity contribution in [3.63, 3.8) is 0 Å². The monoisotopic (exact) mass is 160 g/mol. The molecule has 0 aromatic rings. The normalized spacial score (nSPS) is 11.0. The van der Waals surface area contributed by atoms with Gasteiger partial charge in [0.25, 0.3) is 0 Å². The second kappa shape index (κ2) is 9.03. The summed E-state index contributed by atoms with van der Waals surface area (Å²) in [5, 5.41) is 0. The van der Waals surface area contributed by atoms with Crippen LogP contribution in [0.5, 0.6) is 0 Å². The Labute approximate surface area is 69.3 Å². The van der Waals surface area contributed by atoms with Crippen molar-refractivity contribution in [1.29, 1.82) is 0 Å². The van der Waals surface area contributed by atoms with Gasteiger partial charge in [-0.25, -0.2) is 0 Å². The topological polar surface area (TPSA) is 0 Å². The van der Waals surface area contributed by atoms with E-state index in [-0.39, 0.29) is 0 Å². The lowest BCUT2D eigenvalue weighted by atomic mass is 10.2. The lowest BCUT2D eigenvalue weighted by Crippen LogP contribution is -1.75. The van der Waals surface area contributed by atoms with Crippen LogP contribution in [0.3, 0.4) is 0 Å². The highest BCUT2D eigenvalue weighted by molar-refractivity contribution is 6.17. The van der Waals surface area contributed by atoms with E-state index in [9.17, 15) is 0 Å². The average Bonchev–Trinajstić information content (AvgIpc) is 1.97. The first-order valence-electron chi connectivity index (χ1n) is 4.12. The average molecular weight is 161 g/mol. The Morgan fingerprint density at radius 1 is 1.10 bits per heavy atom. The first-order valence-corrected chi connectivity index (χ1v) is 4.66. The third-order valence-corrected chi connectivity index (χ3v) is 1.67. The molecule has 10 heavy (non-hydrogen) atoms. The SMILES string of the molecule is CC/C=C\CCCCCCl. The van der Waals surface area contributed by atoms with Crippen molar-refractivity contribution in [2.75, 3.05) is 5.88 Å². The summed E-state index contributed by atoms with van der Waals surface area (Å²) in [6.07, 6.45) is 10.6. The summed E-state index contributed by atoms with van der Waals surface area (Å²) in [6.45, 7) is 2.16. The van der Waals surface area contributed by atoms with Crippen molar-refractivity contribution in [3.8, 4) is 0 Å². The van der Waals surface area contributed by atoms with E-state index in [1.54, 1.807) is 0 Å². The predicted molar refractivity (Wildman–Crippen MR) is 48.6 cm³/mol. The number of hydrogen-bond acceptors (Lipinski definition) is 0. The third-order valence-electron chi connectivity index (χ3n) is 1.41. The van der Waals surface area contributed by atoms with Gasteiger partial charge in [0.1, 0.15) is 0 Å². The molecular formula is C9H17Cl. The van der Waals surface area contributed by atoms with Crippen molar-refractivity contribution in [1.82, 2.24) is 0 Å². The number of rotatable bonds is 6. The van der Waals surface area contributed by atoms with Gasteiger partial charge in [-0.05, 0) is 25.7 Å². The minimum Gasteiger partial charge on any atom is -0.127 e. The highest BCUT2D eigenvalue weighted by Gasteiger charge is 1.83. The fourth-order valence-corrected chi connectivity index (χ4v) is 1.01. The Bertz CT molecular complexity index is 76.8. The van der Waals surface area contributed by atoms with E-state index in [0.717, 1.165) is 12.3 Å². The predicted octanol–water partition coefficient (Wildman–Crippen LogP) is 3.75. The highest BCUT2D eigenvalue weighted by Crippen LogP contribution is 2.01. The lowest BCUT2D eigenvalue weighted by molar-refractivity contribution is 0.731. The maximum atomic E-state index is 5.52. The number of alkyl halides is 1. The van der Waals surface area contributed by atoms with Crippen LogP contribution in [-0.4, -0.2) is 5.88 Å². The molecule has 0 N–H and O–H groups in total. The van der Waals surface area contributed by atoms with E-state index in [0.29, 0.717) is 0 Å². The van der Waals surface area contributed by atoms with Gasteiger partial charge < -0.3 is 0 Å². The second-order valence-electron chi connectivity index (χ2n) is 2.42. The van der Waals surface area contributed by atoms with Gasteiger partial charge in [0.2, 0.25) is 0 Å². The van der Waals surface area contributed by atoms with Crippen LogP contribution in [0.25, 0.3) is 0 Å². The van der Waals surface area contributed by atoms with Crippen molar-refractivity contribution in [2.24, 2.45) is 0 Å². The molecule has 0 aromatic carbocycles. The van der Waals surface area contributed by atoms with Crippen molar-refractivity contribution in [2.45, 2.75) is 39.0 Å². The molecule has 0 radical (unpaired) electrons. The molecule has 0 nitrogen and oxygen atoms in total. The van der Waals surface area contributed by atoms with Gasteiger partial charge >= 0.3 is 0 Å². The zero-order valence-corrected chi connectivity index (χ0v) is 7.53. The first kappa shape index (κ1) is 10.0. The lowest BCUT2D eigenvalue weighted by Gasteiger charge is -1.92. The summed E-state index contributed by atoms with van der Waals surface area (Å²) >= 11 is 5.52. The molecule has 0 amide bonds. The van der Waals surface area contributed by atoms with Crippen LogP contribution in [0.2, 0.25) is 0 Å². The highest BCUT2D eigenvalue weighted by atomic mass is 35.5. The Morgan fingerprint density at radius 3 is 2.50 bits per heavy atom. The fraction of sp³-hybridized carbons (Fsp3) is 0.778.